The predicted octanol–water partition coefficient (Wildman–Crippen LogP) is 5.73. The molecule has 0 aliphatic carbocycles. The number of fused-ring (bicyclic) bond motifs is 5. The summed E-state index contributed by atoms with van der Waals surface area (Å²) in [6.07, 6.45) is 0.475. The minimum absolute atomic E-state index is 0.0488. The van der Waals surface area contributed by atoms with Crippen LogP contribution in [-0.2, 0) is 23.3 Å². The number of rotatable bonds is 5. The number of amides is 2. The normalized spacial score (nSPS) is 17.5. The molecule has 0 radical (unpaired) electrons. The molecule has 7 heteroatoms. The summed E-state index contributed by atoms with van der Waals surface area (Å²) in [6.45, 7) is 2.21. The van der Waals surface area contributed by atoms with Crippen LogP contribution in [0.25, 0.3) is 11.0 Å². The molecular formula is C34H25FN2O4. The molecule has 5 aromatic rings. The molecule has 1 unspecified atom stereocenters. The van der Waals surface area contributed by atoms with Gasteiger partial charge >= 0.3 is 0 Å². The lowest BCUT2D eigenvalue weighted by atomic mass is 9.83. The molecule has 1 aromatic heterocycles. The maximum atomic E-state index is 14.8. The highest BCUT2D eigenvalue weighted by Crippen LogP contribution is 2.52. The number of para-hydroxylation sites is 1. The van der Waals surface area contributed by atoms with Crippen molar-refractivity contribution in [1.29, 1.82) is 0 Å². The van der Waals surface area contributed by atoms with Crippen molar-refractivity contribution in [2.45, 2.75) is 25.4 Å². The van der Waals surface area contributed by atoms with Gasteiger partial charge in [0.2, 0.25) is 5.76 Å². The highest BCUT2D eigenvalue weighted by molar-refractivity contribution is 6.17. The summed E-state index contributed by atoms with van der Waals surface area (Å²) in [6, 6.07) is 28.1. The topological polar surface area (TPSA) is 70.8 Å². The minimum Gasteiger partial charge on any atom is -0.450 e. The van der Waals surface area contributed by atoms with Gasteiger partial charge in [0.05, 0.1) is 23.2 Å². The zero-order valence-electron chi connectivity index (χ0n) is 22.3. The van der Waals surface area contributed by atoms with Crippen LogP contribution in [0.3, 0.4) is 0 Å². The largest absolute Gasteiger partial charge is 0.450 e. The molecule has 0 bridgehead atoms. The minimum atomic E-state index is -1.70. The molecule has 1 atom stereocenters. The molecule has 41 heavy (non-hydrogen) atoms. The Morgan fingerprint density at radius 3 is 2.34 bits per heavy atom. The first-order valence-electron chi connectivity index (χ1n) is 13.5. The van der Waals surface area contributed by atoms with Crippen molar-refractivity contribution in [3.05, 3.63) is 147 Å². The van der Waals surface area contributed by atoms with Crippen molar-refractivity contribution in [3.8, 4) is 0 Å². The molecule has 0 fully saturated rings. The van der Waals surface area contributed by atoms with Gasteiger partial charge in [-0.05, 0) is 54.8 Å². The van der Waals surface area contributed by atoms with Crippen molar-refractivity contribution in [1.82, 2.24) is 4.90 Å². The van der Waals surface area contributed by atoms with E-state index >= 15 is 0 Å². The summed E-state index contributed by atoms with van der Waals surface area (Å²) in [4.78, 5) is 46.4. The third-order valence-electron chi connectivity index (χ3n) is 8.11. The van der Waals surface area contributed by atoms with Crippen LogP contribution in [0, 0.1) is 12.7 Å². The fraction of sp³-hybridized carbons (Fsp3) is 0.147. The van der Waals surface area contributed by atoms with Crippen LogP contribution >= 0.6 is 0 Å². The van der Waals surface area contributed by atoms with Crippen LogP contribution < -0.4 is 10.3 Å². The lowest BCUT2D eigenvalue weighted by molar-refractivity contribution is -0.126. The molecule has 0 N–H and O–H groups in total. The molecule has 3 heterocycles. The van der Waals surface area contributed by atoms with Crippen LogP contribution in [0.1, 0.15) is 38.4 Å². The predicted molar refractivity (Wildman–Crippen MR) is 153 cm³/mol. The first-order chi connectivity index (χ1) is 19.9. The number of carbonyl (C=O) groups is 2. The second-order valence-electron chi connectivity index (χ2n) is 10.6. The van der Waals surface area contributed by atoms with E-state index in [4.69, 9.17) is 4.42 Å². The Labute approximate surface area is 235 Å². The molecule has 0 saturated carbocycles. The van der Waals surface area contributed by atoms with Gasteiger partial charge in [0, 0.05) is 12.1 Å². The van der Waals surface area contributed by atoms with Crippen LogP contribution in [0.15, 0.2) is 106 Å². The van der Waals surface area contributed by atoms with Gasteiger partial charge in [0.15, 0.2) is 11.0 Å². The third-order valence-corrected chi connectivity index (χ3v) is 8.11. The molecule has 6 nitrogen and oxygen atoms in total. The summed E-state index contributed by atoms with van der Waals surface area (Å²) in [5, 5.41) is 0.322. The average Bonchev–Trinajstić information content (AvgIpc) is 3.38. The maximum Gasteiger partial charge on any atom is 0.291 e. The van der Waals surface area contributed by atoms with Gasteiger partial charge in [-0.1, -0.05) is 72.3 Å². The van der Waals surface area contributed by atoms with E-state index in [2.05, 4.69) is 0 Å². The molecule has 202 valence electrons. The molecule has 0 saturated heterocycles. The van der Waals surface area contributed by atoms with E-state index in [9.17, 15) is 18.8 Å². The van der Waals surface area contributed by atoms with Crippen LogP contribution in [0.5, 0.6) is 0 Å². The highest BCUT2D eigenvalue weighted by Gasteiger charge is 2.64. The standard InChI is InChI=1S/C34H25FN2O4/c1-21-11-16-28-25(19-21)30(38)29-31(41-28)32(39)37(18-17-22-7-3-2-4-8-22)34(29)26-9-5-6-10-27(26)36(33(34)40)20-23-12-14-24(35)15-13-23/h2-16,19H,17-18,20H2,1H3. The molecule has 2 amide bonds. The Bertz CT molecular complexity index is 1920. The fourth-order valence-corrected chi connectivity index (χ4v) is 6.22. The van der Waals surface area contributed by atoms with Crippen LogP contribution in [0.2, 0.25) is 0 Å². The number of nitrogens with zero attached hydrogens (tertiary/aromatic N) is 2. The van der Waals surface area contributed by atoms with Gasteiger partial charge in [-0.3, -0.25) is 14.4 Å². The Morgan fingerprint density at radius 1 is 0.829 bits per heavy atom. The number of carbonyl (C=O) groups excluding carboxylic acids is 2. The van der Waals surface area contributed by atoms with Gasteiger partial charge in [-0.15, -0.1) is 0 Å². The summed E-state index contributed by atoms with van der Waals surface area (Å²) in [5.41, 5.74) is 1.97. The van der Waals surface area contributed by atoms with E-state index in [-0.39, 0.29) is 30.2 Å². The van der Waals surface area contributed by atoms with Gasteiger partial charge in [0.25, 0.3) is 11.8 Å². The number of hydrogen-bond donors (Lipinski definition) is 0. The number of hydrogen-bond acceptors (Lipinski definition) is 4. The van der Waals surface area contributed by atoms with Crippen molar-refractivity contribution >= 4 is 28.5 Å². The highest BCUT2D eigenvalue weighted by atomic mass is 19.1. The van der Waals surface area contributed by atoms with Crippen LogP contribution in [-0.4, -0.2) is 23.3 Å². The van der Waals surface area contributed by atoms with Gasteiger partial charge < -0.3 is 14.2 Å². The Hall–Kier alpha value is -5.04. The van der Waals surface area contributed by atoms with Gasteiger partial charge in [-0.25, -0.2) is 4.39 Å². The number of aryl methyl sites for hydroxylation is 1. The Morgan fingerprint density at radius 2 is 1.56 bits per heavy atom. The number of anilines is 1. The van der Waals surface area contributed by atoms with Gasteiger partial charge in [-0.2, -0.15) is 0 Å². The summed E-state index contributed by atoms with van der Waals surface area (Å²) in [5.74, 6) is -1.39. The maximum absolute atomic E-state index is 14.8. The van der Waals surface area contributed by atoms with Crippen molar-refractivity contribution in [3.63, 3.8) is 0 Å². The van der Waals surface area contributed by atoms with E-state index < -0.39 is 22.8 Å². The van der Waals surface area contributed by atoms with Crippen LogP contribution in [0.4, 0.5) is 10.1 Å². The van der Waals surface area contributed by atoms with Gasteiger partial charge in [0.1, 0.15) is 11.4 Å². The zero-order valence-corrected chi connectivity index (χ0v) is 22.3. The summed E-state index contributed by atoms with van der Waals surface area (Å²) in [7, 11) is 0. The smallest absolute Gasteiger partial charge is 0.291 e. The van der Waals surface area contributed by atoms with E-state index in [1.54, 1.807) is 41.3 Å². The van der Waals surface area contributed by atoms with Crippen molar-refractivity contribution in [2.24, 2.45) is 0 Å². The molecule has 2 aliphatic rings. The Kier molecular flexibility index (Phi) is 5.64. The van der Waals surface area contributed by atoms with E-state index in [1.165, 1.54) is 17.0 Å². The zero-order chi connectivity index (χ0) is 28.3. The van der Waals surface area contributed by atoms with E-state index in [1.807, 2.05) is 55.5 Å². The second kappa shape index (κ2) is 9.27. The third kappa shape index (κ3) is 3.65. The summed E-state index contributed by atoms with van der Waals surface area (Å²) < 4.78 is 19.8. The fourth-order valence-electron chi connectivity index (χ4n) is 6.22. The second-order valence-corrected chi connectivity index (χ2v) is 10.6. The SMILES string of the molecule is Cc1ccc2oc3c(c(=O)c2c1)C1(C(=O)N(Cc2ccc(F)cc2)c2ccccc21)N(CCc1ccccc1)C3=O. The number of benzene rings is 4. The molecule has 2 aliphatic heterocycles. The van der Waals surface area contributed by atoms with Crippen molar-refractivity contribution < 1.29 is 18.4 Å². The molecule has 4 aromatic carbocycles. The summed E-state index contributed by atoms with van der Waals surface area (Å²) >= 11 is 0. The van der Waals surface area contributed by atoms with Crippen molar-refractivity contribution in [2.75, 3.05) is 11.4 Å². The number of halogens is 1. The lowest BCUT2D eigenvalue weighted by Gasteiger charge is -2.34. The first-order valence-corrected chi connectivity index (χ1v) is 13.5. The Balaban J connectivity index is 1.47. The average molecular weight is 545 g/mol. The molecular weight excluding hydrogens is 519 g/mol. The van der Waals surface area contributed by atoms with E-state index in [0.717, 1.165) is 11.1 Å². The lowest BCUT2D eigenvalue weighted by Crippen LogP contribution is -2.53. The van der Waals surface area contributed by atoms with E-state index in [0.29, 0.717) is 34.2 Å². The monoisotopic (exact) mass is 544 g/mol. The molecule has 7 rings (SSSR count). The quantitative estimate of drug-likeness (QED) is 0.283. The molecule has 1 spiro atoms. The first kappa shape index (κ1) is 25.0.